The van der Waals surface area contributed by atoms with Crippen LogP contribution in [0.1, 0.15) is 37.2 Å². The van der Waals surface area contributed by atoms with E-state index in [0.29, 0.717) is 11.3 Å². The summed E-state index contributed by atoms with van der Waals surface area (Å²) in [6.07, 6.45) is -5.89. The standard InChI is InChI=1S/C23H23F6N9O/c1-5-39-20-13(3)16(6-7-17(34-20)22(24,25)26)33-21(32-11-30)31-9-14-8-12(2)18(36-35-14)15-10-38(4)37-19(15)23(27,28)29/h6,8,10H,5,7,9H2,1-4H3,(H2,31,32,33). The Kier molecular flexibility index (Phi) is 8.62. The number of aliphatic imine (C=N–C) groups is 2. The van der Waals surface area contributed by atoms with Crippen molar-refractivity contribution in [3.63, 3.8) is 0 Å². The van der Waals surface area contributed by atoms with Crippen LogP contribution in [0.2, 0.25) is 0 Å². The summed E-state index contributed by atoms with van der Waals surface area (Å²) in [5, 5.41) is 26.0. The van der Waals surface area contributed by atoms with Crippen LogP contribution in [0.3, 0.4) is 0 Å². The molecule has 208 valence electrons. The topological polar surface area (TPSA) is 125 Å². The maximum Gasteiger partial charge on any atom is 0.435 e. The monoisotopic (exact) mass is 555 g/mol. The molecule has 0 fully saturated rings. The van der Waals surface area contributed by atoms with Crippen molar-refractivity contribution in [1.82, 2.24) is 30.6 Å². The maximum atomic E-state index is 13.4. The van der Waals surface area contributed by atoms with Crippen LogP contribution >= 0.6 is 0 Å². The Hall–Kier alpha value is -4.42. The molecule has 0 bridgehead atoms. The Balaban J connectivity index is 1.81. The van der Waals surface area contributed by atoms with Crippen LogP contribution in [0.4, 0.5) is 26.3 Å². The molecular formula is C23H23F6N9O. The first-order valence-corrected chi connectivity index (χ1v) is 11.4. The Morgan fingerprint density at radius 1 is 1.18 bits per heavy atom. The molecule has 2 aromatic heterocycles. The average Bonchev–Trinajstić information content (AvgIpc) is 3.16. The number of hydrogen-bond donors (Lipinski definition) is 2. The first kappa shape index (κ1) is 29.1. The predicted octanol–water partition coefficient (Wildman–Crippen LogP) is 4.28. The van der Waals surface area contributed by atoms with E-state index in [1.165, 1.54) is 32.3 Å². The van der Waals surface area contributed by atoms with Gasteiger partial charge in [-0.3, -0.25) is 4.68 Å². The molecule has 0 saturated heterocycles. The van der Waals surface area contributed by atoms with Crippen LogP contribution in [-0.4, -0.2) is 44.4 Å². The second kappa shape index (κ2) is 11.5. The lowest BCUT2D eigenvalue weighted by molar-refractivity contribution is -0.141. The highest BCUT2D eigenvalue weighted by atomic mass is 19.4. The highest BCUT2D eigenvalue weighted by molar-refractivity contribution is 5.92. The molecule has 39 heavy (non-hydrogen) atoms. The lowest BCUT2D eigenvalue weighted by atomic mass is 10.1. The summed E-state index contributed by atoms with van der Waals surface area (Å²) in [6.45, 7) is 4.66. The van der Waals surface area contributed by atoms with Gasteiger partial charge in [-0.05, 0) is 32.4 Å². The lowest BCUT2D eigenvalue weighted by Crippen LogP contribution is -2.37. The van der Waals surface area contributed by atoms with E-state index in [0.717, 1.165) is 4.68 Å². The van der Waals surface area contributed by atoms with Gasteiger partial charge in [0.1, 0.15) is 5.71 Å². The van der Waals surface area contributed by atoms with Crippen molar-refractivity contribution < 1.29 is 31.1 Å². The molecule has 0 atom stereocenters. The number of halogens is 6. The normalized spacial score (nSPS) is 14.8. The van der Waals surface area contributed by atoms with Crippen molar-refractivity contribution in [2.75, 3.05) is 6.61 Å². The molecule has 3 heterocycles. The van der Waals surface area contributed by atoms with E-state index < -0.39 is 30.2 Å². The van der Waals surface area contributed by atoms with E-state index >= 15 is 0 Å². The van der Waals surface area contributed by atoms with Gasteiger partial charge in [0, 0.05) is 30.9 Å². The Morgan fingerprint density at radius 2 is 1.90 bits per heavy atom. The second-order valence-corrected chi connectivity index (χ2v) is 8.21. The highest BCUT2D eigenvalue weighted by Gasteiger charge is 2.38. The first-order chi connectivity index (χ1) is 18.2. The molecule has 0 saturated carbocycles. The van der Waals surface area contributed by atoms with E-state index in [9.17, 15) is 26.3 Å². The van der Waals surface area contributed by atoms with Gasteiger partial charge in [-0.25, -0.2) is 4.99 Å². The van der Waals surface area contributed by atoms with E-state index in [1.807, 2.05) is 0 Å². The number of ether oxygens (including phenoxy) is 1. The molecule has 0 amide bonds. The van der Waals surface area contributed by atoms with Gasteiger partial charge in [-0.15, -0.1) is 10.1 Å². The zero-order valence-electron chi connectivity index (χ0n) is 21.2. The second-order valence-electron chi connectivity index (χ2n) is 8.21. The van der Waals surface area contributed by atoms with Crippen molar-refractivity contribution in [1.29, 1.82) is 5.26 Å². The largest absolute Gasteiger partial charge is 0.478 e. The van der Waals surface area contributed by atoms with Crippen LogP contribution in [0.5, 0.6) is 0 Å². The van der Waals surface area contributed by atoms with Gasteiger partial charge in [-0.2, -0.15) is 41.8 Å². The first-order valence-electron chi connectivity index (χ1n) is 11.4. The van der Waals surface area contributed by atoms with E-state index in [2.05, 4.69) is 35.9 Å². The number of nitrogens with zero attached hydrogens (tertiary/aromatic N) is 7. The summed E-state index contributed by atoms with van der Waals surface area (Å²) < 4.78 is 86.4. The van der Waals surface area contributed by atoms with E-state index in [1.54, 1.807) is 20.0 Å². The molecular weight excluding hydrogens is 532 g/mol. The third-order valence-corrected chi connectivity index (χ3v) is 5.31. The third-order valence-electron chi connectivity index (χ3n) is 5.31. The molecule has 0 unspecified atom stereocenters. The minimum atomic E-state index is -4.69. The fraction of sp³-hybridized carbons (Fsp3) is 0.391. The number of allylic oxidation sites excluding steroid dienone is 2. The summed E-state index contributed by atoms with van der Waals surface area (Å²) in [5.74, 6) is -0.354. The van der Waals surface area contributed by atoms with E-state index in [-0.39, 0.29) is 47.5 Å². The summed E-state index contributed by atoms with van der Waals surface area (Å²) in [6, 6.07) is 1.50. The predicted molar refractivity (Wildman–Crippen MR) is 128 cm³/mol. The number of aromatic nitrogens is 4. The zero-order chi connectivity index (χ0) is 29.0. The van der Waals surface area contributed by atoms with Crippen molar-refractivity contribution in [2.24, 2.45) is 17.0 Å². The molecule has 2 aromatic rings. The van der Waals surface area contributed by atoms with Crippen molar-refractivity contribution >= 4 is 11.7 Å². The molecule has 10 nitrogen and oxygen atoms in total. The number of alkyl halides is 6. The van der Waals surface area contributed by atoms with Crippen molar-refractivity contribution in [3.8, 4) is 17.5 Å². The van der Waals surface area contributed by atoms with Crippen LogP contribution in [0, 0.1) is 18.4 Å². The maximum absolute atomic E-state index is 13.4. The molecule has 2 N–H and O–H groups in total. The molecule has 0 aliphatic carbocycles. The summed E-state index contributed by atoms with van der Waals surface area (Å²) in [4.78, 5) is 7.24. The summed E-state index contributed by atoms with van der Waals surface area (Å²) in [5.41, 5.74) is -1.27. The Morgan fingerprint density at radius 3 is 2.49 bits per heavy atom. The van der Waals surface area contributed by atoms with Gasteiger partial charge in [0.25, 0.3) is 0 Å². The van der Waals surface area contributed by atoms with Gasteiger partial charge in [0.05, 0.1) is 30.1 Å². The molecule has 0 spiro atoms. The minimum absolute atomic E-state index is 0.00323. The Bertz CT molecular complexity index is 1390. The fourth-order valence-corrected chi connectivity index (χ4v) is 3.55. The van der Waals surface area contributed by atoms with Gasteiger partial charge in [-0.1, -0.05) is 6.08 Å². The number of nitriles is 1. The number of hydrogen-bond acceptors (Lipinski definition) is 7. The average molecular weight is 555 g/mol. The molecule has 3 rings (SSSR count). The van der Waals surface area contributed by atoms with Crippen molar-refractivity contribution in [3.05, 3.63) is 52.4 Å². The molecule has 0 radical (unpaired) electrons. The fourth-order valence-electron chi connectivity index (χ4n) is 3.55. The SMILES string of the molecule is CCOC1=C(C)C(N/C(=N/C#N)NCc2cc(C)c(-c3cn(C)nc3C(F)(F)F)nn2)=CCC(C(F)(F)F)=N1. The van der Waals surface area contributed by atoms with Crippen LogP contribution in [-0.2, 0) is 24.5 Å². The number of aryl methyl sites for hydroxylation is 2. The van der Waals surface area contributed by atoms with E-state index in [4.69, 9.17) is 10.00 Å². The van der Waals surface area contributed by atoms with Gasteiger partial charge in [0.15, 0.2) is 5.69 Å². The Labute approximate surface area is 218 Å². The van der Waals surface area contributed by atoms with Crippen LogP contribution in [0.15, 0.2) is 45.5 Å². The van der Waals surface area contributed by atoms with Gasteiger partial charge >= 0.3 is 12.4 Å². The number of rotatable bonds is 6. The van der Waals surface area contributed by atoms with Gasteiger partial charge in [0.2, 0.25) is 18.0 Å². The van der Waals surface area contributed by atoms with Gasteiger partial charge < -0.3 is 15.4 Å². The highest BCUT2D eigenvalue weighted by Crippen LogP contribution is 2.36. The number of guanidine groups is 1. The minimum Gasteiger partial charge on any atom is -0.478 e. The molecule has 16 heteroatoms. The third kappa shape index (κ3) is 7.12. The smallest absolute Gasteiger partial charge is 0.435 e. The van der Waals surface area contributed by atoms with Crippen LogP contribution in [0.25, 0.3) is 11.3 Å². The van der Waals surface area contributed by atoms with Crippen molar-refractivity contribution in [2.45, 2.75) is 46.1 Å². The zero-order valence-corrected chi connectivity index (χ0v) is 21.2. The summed E-state index contributed by atoms with van der Waals surface area (Å²) >= 11 is 0. The molecule has 1 aliphatic rings. The number of nitrogens with one attached hydrogen (secondary N) is 2. The lowest BCUT2D eigenvalue weighted by Gasteiger charge is -2.15. The molecule has 0 aromatic carbocycles. The van der Waals surface area contributed by atoms with Crippen LogP contribution < -0.4 is 10.6 Å². The molecule has 1 aliphatic heterocycles. The summed E-state index contributed by atoms with van der Waals surface area (Å²) in [7, 11) is 1.36. The quantitative estimate of drug-likeness (QED) is 0.236.